The van der Waals surface area contributed by atoms with Crippen molar-refractivity contribution in [2.75, 3.05) is 12.8 Å². The first-order valence-corrected chi connectivity index (χ1v) is 9.21. The zero-order valence-corrected chi connectivity index (χ0v) is 14.4. The van der Waals surface area contributed by atoms with E-state index in [1.54, 1.807) is 22.7 Å². The van der Waals surface area contributed by atoms with E-state index in [0.29, 0.717) is 24.0 Å². The third-order valence-electron chi connectivity index (χ3n) is 3.93. The van der Waals surface area contributed by atoms with Crippen molar-refractivity contribution in [3.05, 3.63) is 35.4 Å². The molecule has 3 rings (SSSR count). The van der Waals surface area contributed by atoms with Gasteiger partial charge in [-0.1, -0.05) is 19.0 Å². The van der Waals surface area contributed by atoms with Crippen LogP contribution < -0.4 is 0 Å². The van der Waals surface area contributed by atoms with Crippen molar-refractivity contribution in [2.45, 2.75) is 44.4 Å². The van der Waals surface area contributed by atoms with Crippen molar-refractivity contribution in [3.63, 3.8) is 0 Å². The van der Waals surface area contributed by atoms with Gasteiger partial charge in [0.25, 0.3) is 5.91 Å². The number of carbonyl (C=O) groups is 1. The smallest absolute Gasteiger partial charge is 0.290 e. The SMILES string of the molecule is CSCc1ccc(C(=O)N2CCC[C@H]2c2nc(C(C)C)no2)o1. The Balaban J connectivity index is 1.78. The Bertz CT molecular complexity index is 680. The molecule has 23 heavy (non-hydrogen) atoms. The van der Waals surface area contributed by atoms with Gasteiger partial charge in [-0.25, -0.2) is 0 Å². The van der Waals surface area contributed by atoms with Crippen LogP contribution in [0.2, 0.25) is 0 Å². The van der Waals surface area contributed by atoms with Crippen molar-refractivity contribution < 1.29 is 13.7 Å². The fourth-order valence-electron chi connectivity index (χ4n) is 2.74. The summed E-state index contributed by atoms with van der Waals surface area (Å²) in [6.07, 6.45) is 3.76. The third-order valence-corrected chi connectivity index (χ3v) is 4.50. The molecule has 0 spiro atoms. The summed E-state index contributed by atoms with van der Waals surface area (Å²) in [5.74, 6) is 3.26. The first kappa shape index (κ1) is 16.1. The molecule has 7 heteroatoms. The minimum atomic E-state index is -0.156. The molecule has 0 radical (unpaired) electrons. The van der Waals surface area contributed by atoms with Gasteiger partial charge in [0.1, 0.15) is 11.8 Å². The molecule has 0 bridgehead atoms. The Labute approximate surface area is 139 Å². The molecule has 1 atom stereocenters. The van der Waals surface area contributed by atoms with E-state index in [9.17, 15) is 4.79 Å². The van der Waals surface area contributed by atoms with Crippen LogP contribution in [0.3, 0.4) is 0 Å². The van der Waals surface area contributed by atoms with Gasteiger partial charge in [-0.2, -0.15) is 16.7 Å². The second kappa shape index (κ2) is 6.78. The van der Waals surface area contributed by atoms with Crippen LogP contribution in [-0.2, 0) is 5.75 Å². The normalized spacial score (nSPS) is 18.1. The summed E-state index contributed by atoms with van der Waals surface area (Å²) in [5, 5.41) is 4.00. The largest absolute Gasteiger partial charge is 0.455 e. The number of furan rings is 1. The molecule has 2 aromatic heterocycles. The van der Waals surface area contributed by atoms with Crippen molar-refractivity contribution in [1.29, 1.82) is 0 Å². The molecule has 1 saturated heterocycles. The van der Waals surface area contributed by atoms with Crippen molar-refractivity contribution in [3.8, 4) is 0 Å². The maximum Gasteiger partial charge on any atom is 0.290 e. The fourth-order valence-corrected chi connectivity index (χ4v) is 3.18. The predicted molar refractivity (Wildman–Crippen MR) is 87.3 cm³/mol. The molecule has 0 unspecified atom stereocenters. The highest BCUT2D eigenvalue weighted by Crippen LogP contribution is 2.33. The molecule has 1 aliphatic rings. The molecule has 2 aromatic rings. The minimum absolute atomic E-state index is 0.107. The zero-order valence-electron chi connectivity index (χ0n) is 13.6. The van der Waals surface area contributed by atoms with E-state index < -0.39 is 0 Å². The van der Waals surface area contributed by atoms with E-state index in [1.807, 2.05) is 26.2 Å². The van der Waals surface area contributed by atoms with Gasteiger partial charge in [0.2, 0.25) is 5.89 Å². The Hall–Kier alpha value is -1.76. The fraction of sp³-hybridized carbons (Fsp3) is 0.562. The van der Waals surface area contributed by atoms with Crippen LogP contribution >= 0.6 is 11.8 Å². The van der Waals surface area contributed by atoms with Crippen LogP contribution in [0.1, 0.15) is 66.7 Å². The average molecular weight is 335 g/mol. The highest BCUT2D eigenvalue weighted by molar-refractivity contribution is 7.97. The summed E-state index contributed by atoms with van der Waals surface area (Å²) in [7, 11) is 0. The van der Waals surface area contributed by atoms with Crippen molar-refractivity contribution in [1.82, 2.24) is 15.0 Å². The second-order valence-corrected chi connectivity index (χ2v) is 6.87. The number of rotatable bonds is 5. The lowest BCUT2D eigenvalue weighted by molar-refractivity contribution is 0.0676. The maximum atomic E-state index is 12.7. The minimum Gasteiger partial charge on any atom is -0.455 e. The number of hydrogen-bond acceptors (Lipinski definition) is 6. The molecule has 124 valence electrons. The van der Waals surface area contributed by atoms with E-state index in [1.165, 1.54) is 0 Å². The molecule has 0 aliphatic carbocycles. The van der Waals surface area contributed by atoms with Crippen molar-refractivity contribution in [2.24, 2.45) is 0 Å². The van der Waals surface area contributed by atoms with Crippen LogP contribution in [0.15, 0.2) is 21.1 Å². The van der Waals surface area contributed by atoms with E-state index >= 15 is 0 Å². The lowest BCUT2D eigenvalue weighted by atomic mass is 10.2. The Morgan fingerprint density at radius 2 is 2.30 bits per heavy atom. The standard InChI is InChI=1S/C16H21N3O3S/c1-10(2)14-17-15(22-18-14)12-5-4-8-19(12)16(20)13-7-6-11(21-13)9-23-3/h6-7,10,12H,4-5,8-9H2,1-3H3/t12-/m0/s1. The number of aromatic nitrogens is 2. The topological polar surface area (TPSA) is 72.4 Å². The number of thioether (sulfide) groups is 1. The van der Waals surface area contributed by atoms with E-state index in [-0.39, 0.29) is 17.9 Å². The number of carbonyl (C=O) groups excluding carboxylic acids is 1. The molecule has 0 aromatic carbocycles. The van der Waals surface area contributed by atoms with Gasteiger partial charge in [0.05, 0.1) is 5.75 Å². The maximum absolute atomic E-state index is 12.7. The summed E-state index contributed by atoms with van der Waals surface area (Å²) in [6.45, 7) is 4.71. The highest BCUT2D eigenvalue weighted by Gasteiger charge is 2.35. The molecule has 0 N–H and O–H groups in total. The summed E-state index contributed by atoms with van der Waals surface area (Å²) in [4.78, 5) is 18.9. The van der Waals surface area contributed by atoms with Gasteiger partial charge in [-0.3, -0.25) is 4.79 Å². The monoisotopic (exact) mass is 335 g/mol. The first-order valence-electron chi connectivity index (χ1n) is 7.82. The molecular formula is C16H21N3O3S. The average Bonchev–Trinajstić information content (AvgIpc) is 3.26. The Morgan fingerprint density at radius 1 is 1.48 bits per heavy atom. The molecule has 1 amide bonds. The molecule has 1 fully saturated rings. The molecule has 0 saturated carbocycles. The second-order valence-electron chi connectivity index (χ2n) is 6.00. The molecular weight excluding hydrogens is 314 g/mol. The van der Waals surface area contributed by atoms with Gasteiger partial charge < -0.3 is 13.8 Å². The number of amides is 1. The first-order chi connectivity index (χ1) is 11.1. The molecule has 3 heterocycles. The van der Waals surface area contributed by atoms with Crippen LogP contribution in [0.5, 0.6) is 0 Å². The summed E-state index contributed by atoms with van der Waals surface area (Å²) >= 11 is 1.66. The Kier molecular flexibility index (Phi) is 4.75. The third kappa shape index (κ3) is 3.29. The van der Waals surface area contributed by atoms with Crippen LogP contribution in [-0.4, -0.2) is 33.7 Å². The molecule has 6 nitrogen and oxygen atoms in total. The van der Waals surface area contributed by atoms with E-state index in [4.69, 9.17) is 8.94 Å². The lowest BCUT2D eigenvalue weighted by Crippen LogP contribution is -2.30. The Morgan fingerprint density at radius 3 is 3.00 bits per heavy atom. The zero-order chi connectivity index (χ0) is 16.4. The number of hydrogen-bond donors (Lipinski definition) is 0. The van der Waals surface area contributed by atoms with E-state index in [2.05, 4.69) is 10.1 Å². The van der Waals surface area contributed by atoms with Crippen molar-refractivity contribution >= 4 is 17.7 Å². The van der Waals surface area contributed by atoms with Crippen LogP contribution in [0.4, 0.5) is 0 Å². The predicted octanol–water partition coefficient (Wildman–Crippen LogP) is 3.63. The van der Waals surface area contributed by atoms with Gasteiger partial charge in [-0.15, -0.1) is 0 Å². The summed E-state index contributed by atoms with van der Waals surface area (Å²) in [6, 6.07) is 3.45. The van der Waals surface area contributed by atoms with Gasteiger partial charge in [0, 0.05) is 12.5 Å². The highest BCUT2D eigenvalue weighted by atomic mass is 32.2. The molecule has 1 aliphatic heterocycles. The summed E-state index contributed by atoms with van der Waals surface area (Å²) < 4.78 is 11.0. The van der Waals surface area contributed by atoms with Gasteiger partial charge >= 0.3 is 0 Å². The van der Waals surface area contributed by atoms with Crippen LogP contribution in [0.25, 0.3) is 0 Å². The lowest BCUT2D eigenvalue weighted by Gasteiger charge is -2.20. The van der Waals surface area contributed by atoms with E-state index in [0.717, 1.165) is 24.4 Å². The van der Waals surface area contributed by atoms with Gasteiger partial charge in [0.15, 0.2) is 11.6 Å². The summed E-state index contributed by atoms with van der Waals surface area (Å²) in [5.41, 5.74) is 0. The van der Waals surface area contributed by atoms with Crippen LogP contribution in [0, 0.1) is 0 Å². The number of nitrogens with zero attached hydrogens (tertiary/aromatic N) is 3. The number of likely N-dealkylation sites (tertiary alicyclic amines) is 1. The van der Waals surface area contributed by atoms with Gasteiger partial charge in [-0.05, 0) is 31.2 Å². The quantitative estimate of drug-likeness (QED) is 0.831.